The van der Waals surface area contributed by atoms with Crippen LogP contribution < -0.4 is 0 Å². The van der Waals surface area contributed by atoms with E-state index in [0.717, 1.165) is 6.42 Å². The van der Waals surface area contributed by atoms with E-state index < -0.39 is 10.4 Å². The van der Waals surface area contributed by atoms with Crippen molar-refractivity contribution in [2.45, 2.75) is 6.42 Å². The lowest BCUT2D eigenvalue weighted by molar-refractivity contribution is -0.120. The molecule has 1 N–H and O–H groups in total. The Bertz CT molecular complexity index is 686. The van der Waals surface area contributed by atoms with Gasteiger partial charge in [-0.05, 0) is 22.8 Å². The molecule has 2 aromatic carbocycles. The zero-order chi connectivity index (χ0) is 15.0. The van der Waals surface area contributed by atoms with Gasteiger partial charge in [-0.2, -0.15) is 8.42 Å². The Hall–Kier alpha value is -2.18. The third-order valence-corrected chi connectivity index (χ3v) is 2.73. The quantitative estimate of drug-likeness (QED) is 0.532. The van der Waals surface area contributed by atoms with Crippen LogP contribution in [0.25, 0.3) is 10.8 Å². The lowest BCUT2D eigenvalue weighted by atomic mass is 10.0. The molecule has 0 aliphatic rings. The fourth-order valence-corrected chi connectivity index (χ4v) is 1.77. The Morgan fingerprint density at radius 3 is 2.35 bits per heavy atom. The van der Waals surface area contributed by atoms with Crippen LogP contribution in [-0.4, -0.2) is 19.4 Å². The maximum absolute atomic E-state index is 9.33. The van der Waals surface area contributed by atoms with Crippen molar-refractivity contribution in [3.8, 4) is 0 Å². The monoisotopic (exact) mass is 294 g/mol. The van der Waals surface area contributed by atoms with Crippen LogP contribution >= 0.6 is 0 Å². The molecule has 5 nitrogen and oxygen atoms in total. The first-order valence-electron chi connectivity index (χ1n) is 5.65. The standard InChI is InChI=1S/C13H12.CH2O5S/c1-2-6-11-8-5-9-12-7-3-4-10-13(11)12;2-1-6-7(3,4)5/h2-5,7-10H,1,6H2;1H,(H,3,4,5). The van der Waals surface area contributed by atoms with E-state index in [4.69, 9.17) is 9.35 Å². The van der Waals surface area contributed by atoms with Crippen LogP contribution in [0.1, 0.15) is 5.56 Å². The van der Waals surface area contributed by atoms with Gasteiger partial charge < -0.3 is 4.18 Å². The number of carbonyl (C=O) groups excluding carboxylic acids is 1. The van der Waals surface area contributed by atoms with Gasteiger partial charge in [-0.3, -0.25) is 9.35 Å². The molecule has 0 heterocycles. The predicted octanol–water partition coefficient (Wildman–Crippen LogP) is 2.53. The highest BCUT2D eigenvalue weighted by Gasteiger charge is 1.99. The third-order valence-electron chi connectivity index (χ3n) is 2.41. The molecule has 0 radical (unpaired) electrons. The minimum Gasteiger partial charge on any atom is -0.328 e. The summed E-state index contributed by atoms with van der Waals surface area (Å²) in [5.41, 5.74) is 1.35. The van der Waals surface area contributed by atoms with Crippen LogP contribution in [0.2, 0.25) is 0 Å². The molecule has 0 unspecified atom stereocenters. The molecule has 20 heavy (non-hydrogen) atoms. The molecule has 0 aliphatic carbocycles. The second-order valence-corrected chi connectivity index (χ2v) is 4.80. The SMILES string of the molecule is C=CCc1cccc2ccccc12.O=COS(=O)(=O)O. The van der Waals surface area contributed by atoms with E-state index in [-0.39, 0.29) is 6.47 Å². The molecule has 2 rings (SSSR count). The van der Waals surface area contributed by atoms with Crippen molar-refractivity contribution in [2.24, 2.45) is 0 Å². The van der Waals surface area contributed by atoms with Gasteiger partial charge in [0.2, 0.25) is 0 Å². The molecule has 0 bridgehead atoms. The molecule has 0 spiro atoms. The molecule has 0 aromatic heterocycles. The van der Waals surface area contributed by atoms with Gasteiger partial charge in [0.1, 0.15) is 0 Å². The summed E-state index contributed by atoms with van der Waals surface area (Å²) in [6, 6.07) is 14.8. The van der Waals surface area contributed by atoms with Crippen molar-refractivity contribution < 1.29 is 21.9 Å². The topological polar surface area (TPSA) is 80.7 Å². The average molecular weight is 294 g/mol. The summed E-state index contributed by atoms with van der Waals surface area (Å²) in [5.74, 6) is 0. The lowest BCUT2D eigenvalue weighted by Gasteiger charge is -2.02. The fraction of sp³-hybridized carbons (Fsp3) is 0.0714. The summed E-state index contributed by atoms with van der Waals surface area (Å²) in [4.78, 5) is 9.06. The molecule has 0 saturated carbocycles. The van der Waals surface area contributed by atoms with Crippen molar-refractivity contribution in [2.75, 3.05) is 0 Å². The Morgan fingerprint density at radius 1 is 1.15 bits per heavy atom. The van der Waals surface area contributed by atoms with Crippen molar-refractivity contribution in [3.63, 3.8) is 0 Å². The van der Waals surface area contributed by atoms with E-state index in [2.05, 4.69) is 53.2 Å². The summed E-state index contributed by atoms with van der Waals surface area (Å²) in [6.45, 7) is 3.38. The van der Waals surface area contributed by atoms with Crippen LogP contribution in [0.3, 0.4) is 0 Å². The average Bonchev–Trinajstić information content (AvgIpc) is 2.39. The highest BCUT2D eigenvalue weighted by atomic mass is 32.3. The number of carbonyl (C=O) groups is 1. The minimum absolute atomic E-state index is 0.380. The number of hydrogen-bond acceptors (Lipinski definition) is 4. The summed E-state index contributed by atoms with van der Waals surface area (Å²) in [7, 11) is -4.54. The predicted molar refractivity (Wildman–Crippen MR) is 76.5 cm³/mol. The van der Waals surface area contributed by atoms with Crippen LogP contribution in [0.5, 0.6) is 0 Å². The van der Waals surface area contributed by atoms with Crippen molar-refractivity contribution in [1.29, 1.82) is 0 Å². The van der Waals surface area contributed by atoms with Crippen LogP contribution in [0.4, 0.5) is 0 Å². The Morgan fingerprint density at radius 2 is 1.80 bits per heavy atom. The van der Waals surface area contributed by atoms with Crippen molar-refractivity contribution in [3.05, 3.63) is 60.7 Å². The zero-order valence-electron chi connectivity index (χ0n) is 10.6. The third kappa shape index (κ3) is 5.21. The molecule has 0 aliphatic heterocycles. The smallest absolute Gasteiger partial charge is 0.328 e. The van der Waals surface area contributed by atoms with Gasteiger partial charge in [0.15, 0.2) is 0 Å². The van der Waals surface area contributed by atoms with Gasteiger partial charge in [-0.1, -0.05) is 48.5 Å². The minimum atomic E-state index is -4.54. The summed E-state index contributed by atoms with van der Waals surface area (Å²) in [5, 5.41) is 2.65. The van der Waals surface area contributed by atoms with Gasteiger partial charge in [-0.25, -0.2) is 0 Å². The molecule has 0 saturated heterocycles. The summed E-state index contributed by atoms with van der Waals surface area (Å²) in [6.07, 6.45) is 2.89. The second kappa shape index (κ2) is 7.42. The largest absolute Gasteiger partial charge is 0.448 e. The Kier molecular flexibility index (Phi) is 5.89. The van der Waals surface area contributed by atoms with E-state index in [1.165, 1.54) is 16.3 Å². The van der Waals surface area contributed by atoms with Crippen molar-refractivity contribution >= 4 is 27.6 Å². The van der Waals surface area contributed by atoms with E-state index in [9.17, 15) is 8.42 Å². The summed E-state index contributed by atoms with van der Waals surface area (Å²) >= 11 is 0. The highest BCUT2D eigenvalue weighted by Crippen LogP contribution is 2.18. The number of allylic oxidation sites excluding steroid dienone is 1. The molecule has 0 atom stereocenters. The lowest BCUT2D eigenvalue weighted by Crippen LogP contribution is -2.00. The summed E-state index contributed by atoms with van der Waals surface area (Å²) < 4.78 is 29.3. The van der Waals surface area contributed by atoms with Gasteiger partial charge in [0.25, 0.3) is 0 Å². The number of hydrogen-bond donors (Lipinski definition) is 1. The van der Waals surface area contributed by atoms with Crippen LogP contribution in [0.15, 0.2) is 55.1 Å². The fourth-order valence-electron chi connectivity index (χ4n) is 1.68. The molecule has 0 fully saturated rings. The molecule has 106 valence electrons. The molecule has 2 aromatic rings. The Labute approximate surface area is 117 Å². The molecule has 0 amide bonds. The van der Waals surface area contributed by atoms with Crippen LogP contribution in [-0.2, 0) is 25.8 Å². The molecule has 6 heteroatoms. The number of benzene rings is 2. The van der Waals surface area contributed by atoms with Gasteiger partial charge in [-0.15, -0.1) is 6.58 Å². The van der Waals surface area contributed by atoms with E-state index in [0.29, 0.717) is 0 Å². The Balaban J connectivity index is 0.000000246. The van der Waals surface area contributed by atoms with Crippen LogP contribution in [0, 0.1) is 0 Å². The van der Waals surface area contributed by atoms with Gasteiger partial charge >= 0.3 is 16.9 Å². The zero-order valence-corrected chi connectivity index (χ0v) is 11.4. The maximum atomic E-state index is 9.33. The number of rotatable bonds is 4. The first-order chi connectivity index (χ1) is 9.48. The normalized spacial score (nSPS) is 10.2. The van der Waals surface area contributed by atoms with Gasteiger partial charge in [0.05, 0.1) is 0 Å². The first kappa shape index (κ1) is 15.9. The number of fused-ring (bicyclic) bond motifs is 1. The molecular formula is C14H14O5S. The second-order valence-electron chi connectivity index (χ2n) is 3.75. The van der Waals surface area contributed by atoms with E-state index in [1.807, 2.05) is 6.08 Å². The maximum Gasteiger partial charge on any atom is 0.448 e. The van der Waals surface area contributed by atoms with E-state index >= 15 is 0 Å². The first-order valence-corrected chi connectivity index (χ1v) is 7.01. The molecular weight excluding hydrogens is 280 g/mol. The highest BCUT2D eigenvalue weighted by molar-refractivity contribution is 7.81. The van der Waals surface area contributed by atoms with E-state index in [1.54, 1.807) is 0 Å². The van der Waals surface area contributed by atoms with Crippen molar-refractivity contribution in [1.82, 2.24) is 0 Å². The van der Waals surface area contributed by atoms with Gasteiger partial charge in [0, 0.05) is 0 Å².